The minimum atomic E-state index is -5.35. The predicted octanol–water partition coefficient (Wildman–Crippen LogP) is -1.25. The van der Waals surface area contributed by atoms with E-state index in [9.17, 15) is 38.9 Å². The van der Waals surface area contributed by atoms with Gasteiger partial charge in [-0.2, -0.15) is 0 Å². The van der Waals surface area contributed by atoms with Gasteiger partial charge >= 0.3 is 25.7 Å². The molecule has 6 rings (SSSR count). The van der Waals surface area contributed by atoms with Gasteiger partial charge in [-0.15, -0.1) is 0 Å². The molecule has 11 atom stereocenters. The monoisotopic (exact) mass is 504 g/mol. The van der Waals surface area contributed by atoms with E-state index < -0.39 is 95.7 Å². The number of aliphatic hydroxyl groups is 2. The smallest absolute Gasteiger partial charge is 0.459 e. The van der Waals surface area contributed by atoms with Crippen molar-refractivity contribution >= 4 is 25.7 Å². The number of aliphatic hydroxyl groups excluding tert-OH is 1. The lowest BCUT2D eigenvalue weighted by molar-refractivity contribution is -0.239. The fraction of sp³-hybridized carbons (Fsp3) is 0.850. The first-order chi connectivity index (χ1) is 15.5. The van der Waals surface area contributed by atoms with Gasteiger partial charge in [-0.3, -0.25) is 9.32 Å². The molecule has 14 heteroatoms. The Labute approximate surface area is 192 Å². The molecule has 0 radical (unpaired) electrons. The summed E-state index contributed by atoms with van der Waals surface area (Å²) in [4.78, 5) is 58.5. The molecule has 0 amide bonds. The molecule has 4 heterocycles. The third-order valence-corrected chi connectivity index (χ3v) is 9.72. The van der Waals surface area contributed by atoms with E-state index >= 15 is 0 Å². The number of carbonyl (C=O) groups is 3. The lowest BCUT2D eigenvalue weighted by Crippen LogP contribution is -2.67. The summed E-state index contributed by atoms with van der Waals surface area (Å²) in [5.41, 5.74) is -9.47. The molecule has 13 nitrogen and oxygen atoms in total. The summed E-state index contributed by atoms with van der Waals surface area (Å²) in [6.45, 7) is 6.76. The largest absolute Gasteiger partial charge is 0.470 e. The van der Waals surface area contributed by atoms with Crippen LogP contribution in [0.4, 0.5) is 0 Å². The first-order valence-electron chi connectivity index (χ1n) is 11.0. The summed E-state index contributed by atoms with van der Waals surface area (Å²) >= 11 is 0. The molecule has 6 aliphatic rings. The summed E-state index contributed by atoms with van der Waals surface area (Å²) in [5.74, 6) is -5.15. The number of fused-ring (bicyclic) bond motifs is 1. The van der Waals surface area contributed by atoms with Gasteiger partial charge in [0.15, 0.2) is 17.8 Å². The van der Waals surface area contributed by atoms with Crippen molar-refractivity contribution in [2.45, 2.75) is 76.0 Å². The number of hydrogen-bond acceptors (Lipinski definition) is 11. The van der Waals surface area contributed by atoms with Crippen LogP contribution in [-0.4, -0.2) is 79.8 Å². The Bertz CT molecular complexity index is 1090. The standard InChI is InChI=1S/C20H25O13P/c1-6-12(22)30-11-10(33-34(26,27)28)18-8-5-7(16(2,3)4)17(18)9(21)13(23)31-15(17)32-20(18,14(24)29-8)19(6,11)25/h6-11,15,21,25H,5H2,1-4H3,(H2,26,27,28)/t6-,7+,8?,9+,10+,11?,15+,17?,18?,19-,20?/m1/s1. The maximum absolute atomic E-state index is 13.6. The van der Waals surface area contributed by atoms with Gasteiger partial charge < -0.3 is 38.9 Å². The van der Waals surface area contributed by atoms with Gasteiger partial charge in [0.25, 0.3) is 0 Å². The molecule has 4 saturated heterocycles. The Morgan fingerprint density at radius 2 is 1.74 bits per heavy atom. The highest BCUT2D eigenvalue weighted by molar-refractivity contribution is 7.46. The molecular formula is C20H25O13P. The first-order valence-corrected chi connectivity index (χ1v) is 12.5. The predicted molar refractivity (Wildman–Crippen MR) is 103 cm³/mol. The van der Waals surface area contributed by atoms with E-state index in [1.54, 1.807) is 0 Å². The molecule has 4 aliphatic heterocycles. The zero-order valence-electron chi connectivity index (χ0n) is 18.7. The highest BCUT2D eigenvalue weighted by atomic mass is 31.2. The van der Waals surface area contributed by atoms with E-state index in [0.29, 0.717) is 0 Å². The molecule has 34 heavy (non-hydrogen) atoms. The van der Waals surface area contributed by atoms with Crippen molar-refractivity contribution in [1.29, 1.82) is 0 Å². The fourth-order valence-electron chi connectivity index (χ4n) is 8.37. The van der Waals surface area contributed by atoms with Crippen LogP contribution >= 0.6 is 7.82 Å². The van der Waals surface area contributed by atoms with Gasteiger partial charge in [-0.1, -0.05) is 20.8 Å². The first kappa shape index (κ1) is 22.8. The summed E-state index contributed by atoms with van der Waals surface area (Å²) in [6.07, 6.45) is -8.25. The van der Waals surface area contributed by atoms with E-state index in [-0.39, 0.29) is 6.42 Å². The van der Waals surface area contributed by atoms with E-state index in [2.05, 4.69) is 0 Å². The Kier molecular flexibility index (Phi) is 3.93. The molecule has 6 fully saturated rings. The molecule has 5 unspecified atom stereocenters. The van der Waals surface area contributed by atoms with E-state index in [4.69, 9.17) is 23.5 Å². The molecule has 0 bridgehead atoms. The Morgan fingerprint density at radius 3 is 2.32 bits per heavy atom. The van der Waals surface area contributed by atoms with Crippen molar-refractivity contribution in [3.63, 3.8) is 0 Å². The van der Waals surface area contributed by atoms with Crippen LogP contribution in [0.15, 0.2) is 0 Å². The molecule has 2 saturated carbocycles. The molecule has 4 N–H and O–H groups in total. The van der Waals surface area contributed by atoms with Crippen LogP contribution in [0.5, 0.6) is 0 Å². The van der Waals surface area contributed by atoms with Crippen molar-refractivity contribution < 1.29 is 62.4 Å². The SMILES string of the molecule is C[C@@H]1C(=O)OC2[C@H](OP(=O)(O)O)C34C5C[C@@H](C(C)(C)C)C36[C@@H](OC(=O)[C@@H]6O)OC4(C(=O)O5)[C@]21O. The number of rotatable bonds is 2. The van der Waals surface area contributed by atoms with Gasteiger partial charge in [0.05, 0.1) is 16.7 Å². The number of esters is 3. The maximum atomic E-state index is 13.6. The Hall–Kier alpha value is -1.60. The second-order valence-electron chi connectivity index (χ2n) is 11.2. The highest BCUT2D eigenvalue weighted by Crippen LogP contribution is 2.85. The van der Waals surface area contributed by atoms with Crippen LogP contribution in [0.1, 0.15) is 34.1 Å². The van der Waals surface area contributed by atoms with Crippen LogP contribution < -0.4 is 0 Å². The summed E-state index contributed by atoms with van der Waals surface area (Å²) in [6, 6.07) is 0. The number of ether oxygens (including phenoxy) is 4. The van der Waals surface area contributed by atoms with Crippen molar-refractivity contribution in [2.75, 3.05) is 0 Å². The second kappa shape index (κ2) is 5.86. The molecule has 188 valence electrons. The number of hydrogen-bond donors (Lipinski definition) is 4. The van der Waals surface area contributed by atoms with Gasteiger partial charge in [-0.05, 0) is 24.7 Å². The maximum Gasteiger partial charge on any atom is 0.470 e. The highest BCUT2D eigenvalue weighted by Gasteiger charge is 3.04. The molecule has 2 spiro atoms. The van der Waals surface area contributed by atoms with Crippen LogP contribution in [-0.2, 0) is 42.4 Å². The Morgan fingerprint density at radius 1 is 1.09 bits per heavy atom. The molecular weight excluding hydrogens is 479 g/mol. The van der Waals surface area contributed by atoms with Crippen molar-refractivity contribution in [3.05, 3.63) is 0 Å². The second-order valence-corrected chi connectivity index (χ2v) is 12.4. The Balaban J connectivity index is 1.74. The minimum absolute atomic E-state index is 0.0523. The van der Waals surface area contributed by atoms with Crippen molar-refractivity contribution in [1.82, 2.24) is 0 Å². The van der Waals surface area contributed by atoms with E-state index in [1.165, 1.54) is 6.92 Å². The zero-order valence-corrected chi connectivity index (χ0v) is 19.6. The van der Waals surface area contributed by atoms with Gasteiger partial charge in [0.2, 0.25) is 11.9 Å². The fourth-order valence-corrected chi connectivity index (χ4v) is 8.94. The number of phosphoric ester groups is 1. The number of phosphoric acid groups is 1. The van der Waals surface area contributed by atoms with Crippen molar-refractivity contribution in [2.24, 2.45) is 28.1 Å². The topological polar surface area (TPSA) is 195 Å². The third kappa shape index (κ3) is 1.91. The van der Waals surface area contributed by atoms with Gasteiger partial charge in [-0.25, -0.2) is 14.2 Å². The lowest BCUT2D eigenvalue weighted by atomic mass is 9.51. The normalized spacial score (nSPS) is 54.9. The summed E-state index contributed by atoms with van der Waals surface area (Å²) in [7, 11) is -5.35. The average molecular weight is 504 g/mol. The van der Waals surface area contributed by atoms with Crippen LogP contribution in [0, 0.1) is 28.1 Å². The van der Waals surface area contributed by atoms with Gasteiger partial charge in [0, 0.05) is 0 Å². The van der Waals surface area contributed by atoms with Gasteiger partial charge in [0.1, 0.15) is 12.2 Å². The molecule has 2 aliphatic carbocycles. The van der Waals surface area contributed by atoms with E-state index in [0.717, 1.165) is 0 Å². The summed E-state index contributed by atoms with van der Waals surface area (Å²) < 4.78 is 39.9. The average Bonchev–Trinajstić information content (AvgIpc) is 3.40. The lowest BCUT2D eigenvalue weighted by Gasteiger charge is -2.48. The summed E-state index contributed by atoms with van der Waals surface area (Å²) in [5, 5.41) is 23.4. The quantitative estimate of drug-likeness (QED) is 0.198. The zero-order chi connectivity index (χ0) is 25.0. The molecule has 0 aromatic heterocycles. The van der Waals surface area contributed by atoms with Crippen molar-refractivity contribution in [3.8, 4) is 0 Å². The molecule has 0 aromatic carbocycles. The molecule has 0 aromatic rings. The van der Waals surface area contributed by atoms with Crippen LogP contribution in [0.25, 0.3) is 0 Å². The minimum Gasteiger partial charge on any atom is -0.459 e. The number of carbonyl (C=O) groups excluding carboxylic acids is 3. The third-order valence-electron chi connectivity index (χ3n) is 9.22. The van der Waals surface area contributed by atoms with Crippen LogP contribution in [0.2, 0.25) is 0 Å². The van der Waals surface area contributed by atoms with E-state index in [1.807, 2.05) is 20.8 Å². The van der Waals surface area contributed by atoms with Crippen LogP contribution in [0.3, 0.4) is 0 Å².